The second kappa shape index (κ2) is 7.62. The molecule has 1 unspecified atom stereocenters. The van der Waals surface area contributed by atoms with Crippen molar-refractivity contribution < 1.29 is 14.3 Å². The second-order valence-corrected chi connectivity index (χ2v) is 6.14. The summed E-state index contributed by atoms with van der Waals surface area (Å²) in [6.07, 6.45) is 3.25. The summed E-state index contributed by atoms with van der Waals surface area (Å²) in [5, 5.41) is 6.17. The summed E-state index contributed by atoms with van der Waals surface area (Å²) in [4.78, 5) is 24.4. The van der Waals surface area contributed by atoms with E-state index in [4.69, 9.17) is 4.74 Å². The fraction of sp³-hybridized carbons (Fsp3) is 0.867. The first-order valence-corrected chi connectivity index (χ1v) is 7.54. The van der Waals surface area contributed by atoms with Gasteiger partial charge in [0.05, 0.1) is 12.5 Å². The molecule has 1 saturated heterocycles. The Kier molecular flexibility index (Phi) is 6.46. The van der Waals surface area contributed by atoms with Gasteiger partial charge in [-0.1, -0.05) is 27.2 Å². The Hall–Kier alpha value is -1.10. The fourth-order valence-electron chi connectivity index (χ4n) is 2.88. The maximum absolute atomic E-state index is 12.6. The Bertz CT molecular complexity index is 336. The molecule has 2 atom stereocenters. The van der Waals surface area contributed by atoms with E-state index in [1.165, 1.54) is 7.11 Å². The lowest BCUT2D eigenvalue weighted by Gasteiger charge is -2.29. The molecule has 5 heteroatoms. The first-order valence-electron chi connectivity index (χ1n) is 7.54. The molecule has 1 rings (SSSR count). The molecule has 20 heavy (non-hydrogen) atoms. The van der Waals surface area contributed by atoms with Gasteiger partial charge in [0, 0.05) is 6.54 Å². The van der Waals surface area contributed by atoms with E-state index >= 15 is 0 Å². The first kappa shape index (κ1) is 17.0. The highest BCUT2D eigenvalue weighted by atomic mass is 16.5. The minimum absolute atomic E-state index is 0.0135. The number of ether oxygens (including phenoxy) is 1. The van der Waals surface area contributed by atoms with Crippen molar-refractivity contribution in [3.63, 3.8) is 0 Å². The van der Waals surface area contributed by atoms with Crippen molar-refractivity contribution in [3.8, 4) is 0 Å². The van der Waals surface area contributed by atoms with Crippen molar-refractivity contribution in [1.29, 1.82) is 0 Å². The van der Waals surface area contributed by atoms with E-state index in [-0.39, 0.29) is 17.3 Å². The van der Waals surface area contributed by atoms with Crippen LogP contribution in [-0.4, -0.2) is 38.1 Å². The van der Waals surface area contributed by atoms with E-state index in [1.807, 2.05) is 13.8 Å². The molecule has 0 saturated carbocycles. The SMILES string of the molecule is CCCC1(C(=O)N[C@@H](CC(C)C)C(=O)OC)CCNC1. The van der Waals surface area contributed by atoms with Gasteiger partial charge in [0.1, 0.15) is 6.04 Å². The maximum atomic E-state index is 12.6. The lowest BCUT2D eigenvalue weighted by Crippen LogP contribution is -2.50. The molecule has 0 aromatic rings. The minimum Gasteiger partial charge on any atom is -0.467 e. The molecular formula is C15H28N2O3. The third-order valence-corrected chi connectivity index (χ3v) is 3.95. The minimum atomic E-state index is -0.540. The van der Waals surface area contributed by atoms with E-state index in [2.05, 4.69) is 17.6 Å². The van der Waals surface area contributed by atoms with Crippen LogP contribution in [0.1, 0.15) is 46.5 Å². The summed E-state index contributed by atoms with van der Waals surface area (Å²) in [5.41, 5.74) is -0.363. The van der Waals surface area contributed by atoms with Gasteiger partial charge in [-0.25, -0.2) is 4.79 Å². The van der Waals surface area contributed by atoms with Gasteiger partial charge in [0.2, 0.25) is 5.91 Å². The summed E-state index contributed by atoms with van der Waals surface area (Å²) >= 11 is 0. The standard InChI is InChI=1S/C15H28N2O3/c1-5-6-15(7-8-16-10-15)14(19)17-12(9-11(2)3)13(18)20-4/h11-12,16H,5-10H2,1-4H3,(H,17,19)/t12-,15?/m0/s1. The quantitative estimate of drug-likeness (QED) is 0.695. The van der Waals surface area contributed by atoms with Crippen LogP contribution in [0.3, 0.4) is 0 Å². The molecule has 0 bridgehead atoms. The van der Waals surface area contributed by atoms with Crippen LogP contribution in [0, 0.1) is 11.3 Å². The Morgan fingerprint density at radius 2 is 2.10 bits per heavy atom. The van der Waals surface area contributed by atoms with Crippen molar-refractivity contribution >= 4 is 11.9 Å². The van der Waals surface area contributed by atoms with Crippen LogP contribution in [0.4, 0.5) is 0 Å². The van der Waals surface area contributed by atoms with E-state index < -0.39 is 6.04 Å². The largest absolute Gasteiger partial charge is 0.467 e. The molecule has 1 amide bonds. The van der Waals surface area contributed by atoms with Crippen molar-refractivity contribution in [2.45, 2.75) is 52.5 Å². The van der Waals surface area contributed by atoms with E-state index in [9.17, 15) is 9.59 Å². The zero-order chi connectivity index (χ0) is 15.2. The molecule has 5 nitrogen and oxygen atoms in total. The van der Waals surface area contributed by atoms with Crippen LogP contribution in [0.2, 0.25) is 0 Å². The average Bonchev–Trinajstić information content (AvgIpc) is 2.86. The predicted molar refractivity (Wildman–Crippen MR) is 78.2 cm³/mol. The van der Waals surface area contributed by atoms with Gasteiger partial charge in [-0.15, -0.1) is 0 Å². The smallest absolute Gasteiger partial charge is 0.328 e. The molecule has 0 spiro atoms. The van der Waals surface area contributed by atoms with Crippen molar-refractivity contribution in [2.75, 3.05) is 20.2 Å². The summed E-state index contributed by atoms with van der Waals surface area (Å²) in [5.74, 6) is -0.0479. The summed E-state index contributed by atoms with van der Waals surface area (Å²) in [6, 6.07) is -0.540. The van der Waals surface area contributed by atoms with E-state index in [0.29, 0.717) is 18.9 Å². The zero-order valence-corrected chi connectivity index (χ0v) is 13.1. The number of esters is 1. The van der Waals surface area contributed by atoms with Gasteiger partial charge in [0.15, 0.2) is 0 Å². The molecule has 116 valence electrons. The van der Waals surface area contributed by atoms with E-state index in [1.54, 1.807) is 0 Å². The monoisotopic (exact) mass is 284 g/mol. The first-order chi connectivity index (χ1) is 9.45. The predicted octanol–water partition coefficient (Wildman–Crippen LogP) is 1.47. The Labute approximate surface area is 121 Å². The lowest BCUT2D eigenvalue weighted by molar-refractivity contribution is -0.147. The highest BCUT2D eigenvalue weighted by molar-refractivity contribution is 5.88. The second-order valence-electron chi connectivity index (χ2n) is 6.14. The Morgan fingerprint density at radius 1 is 1.40 bits per heavy atom. The van der Waals surface area contributed by atoms with Crippen LogP contribution in [-0.2, 0) is 14.3 Å². The van der Waals surface area contributed by atoms with Gasteiger partial charge in [-0.2, -0.15) is 0 Å². The van der Waals surface area contributed by atoms with Gasteiger partial charge in [-0.05, 0) is 31.7 Å². The van der Waals surface area contributed by atoms with Crippen LogP contribution < -0.4 is 10.6 Å². The molecular weight excluding hydrogens is 256 g/mol. The van der Waals surface area contributed by atoms with Crippen molar-refractivity contribution in [3.05, 3.63) is 0 Å². The van der Waals surface area contributed by atoms with E-state index in [0.717, 1.165) is 25.8 Å². The van der Waals surface area contributed by atoms with Crippen molar-refractivity contribution in [1.82, 2.24) is 10.6 Å². The lowest BCUT2D eigenvalue weighted by atomic mass is 9.81. The van der Waals surface area contributed by atoms with Gasteiger partial charge < -0.3 is 15.4 Å². The third kappa shape index (κ3) is 4.20. The number of amides is 1. The summed E-state index contributed by atoms with van der Waals surface area (Å²) in [7, 11) is 1.36. The topological polar surface area (TPSA) is 67.4 Å². The number of nitrogens with one attached hydrogen (secondary N) is 2. The zero-order valence-electron chi connectivity index (χ0n) is 13.1. The molecule has 2 N–H and O–H groups in total. The van der Waals surface area contributed by atoms with Crippen LogP contribution in [0.25, 0.3) is 0 Å². The molecule has 0 aliphatic carbocycles. The van der Waals surface area contributed by atoms with Crippen LogP contribution in [0.5, 0.6) is 0 Å². The van der Waals surface area contributed by atoms with Gasteiger partial charge >= 0.3 is 5.97 Å². The van der Waals surface area contributed by atoms with Crippen LogP contribution >= 0.6 is 0 Å². The third-order valence-electron chi connectivity index (χ3n) is 3.95. The number of hydrogen-bond donors (Lipinski definition) is 2. The normalized spacial score (nSPS) is 23.6. The maximum Gasteiger partial charge on any atom is 0.328 e. The highest BCUT2D eigenvalue weighted by Crippen LogP contribution is 2.31. The number of carbonyl (C=O) groups excluding carboxylic acids is 2. The molecule has 1 fully saturated rings. The number of hydrogen-bond acceptors (Lipinski definition) is 4. The number of rotatable bonds is 7. The molecule has 0 aromatic heterocycles. The summed E-state index contributed by atoms with van der Waals surface area (Å²) in [6.45, 7) is 7.70. The summed E-state index contributed by atoms with van der Waals surface area (Å²) < 4.78 is 4.80. The Balaban J connectivity index is 2.75. The number of carbonyl (C=O) groups is 2. The molecule has 0 aromatic carbocycles. The number of methoxy groups -OCH3 is 1. The molecule has 0 radical (unpaired) electrons. The van der Waals surface area contributed by atoms with Crippen LogP contribution in [0.15, 0.2) is 0 Å². The fourth-order valence-corrected chi connectivity index (χ4v) is 2.88. The van der Waals surface area contributed by atoms with Gasteiger partial charge in [0.25, 0.3) is 0 Å². The average molecular weight is 284 g/mol. The highest BCUT2D eigenvalue weighted by Gasteiger charge is 2.41. The Morgan fingerprint density at radius 3 is 2.55 bits per heavy atom. The molecule has 1 aliphatic heterocycles. The molecule has 1 heterocycles. The van der Waals surface area contributed by atoms with Gasteiger partial charge in [-0.3, -0.25) is 4.79 Å². The molecule has 1 aliphatic rings. The van der Waals surface area contributed by atoms with Crippen molar-refractivity contribution in [2.24, 2.45) is 11.3 Å².